The molecule has 0 aromatic heterocycles. The molecule has 0 spiro atoms. The molecule has 0 amide bonds. The summed E-state index contributed by atoms with van der Waals surface area (Å²) < 4.78 is 5.99. The third-order valence-electron chi connectivity index (χ3n) is 0.408. The van der Waals surface area contributed by atoms with Gasteiger partial charge in [0.05, 0.1) is 0 Å². The van der Waals surface area contributed by atoms with Crippen LogP contribution in [0.4, 0.5) is 0 Å². The summed E-state index contributed by atoms with van der Waals surface area (Å²) in [4.78, 5) is 0. The molecule has 0 saturated heterocycles. The molecule has 0 aromatic rings. The molecule has 0 atom stereocenters. The summed E-state index contributed by atoms with van der Waals surface area (Å²) in [5.74, 6) is 0. The standard InChI is InChI=1S/C3H7O.Na/c1-3-4-2;/h1,3H2,2H3;. The van der Waals surface area contributed by atoms with Gasteiger partial charge in [0.2, 0.25) is 0 Å². The predicted octanol–water partition coefficient (Wildman–Crippen LogP) is 0.220. The minimum absolute atomic E-state index is 0.951. The van der Waals surface area contributed by atoms with E-state index in [0.717, 1.165) is 6.61 Å². The van der Waals surface area contributed by atoms with Gasteiger partial charge in [-0.05, 0) is 0 Å². The summed E-state index contributed by atoms with van der Waals surface area (Å²) in [5.41, 5.74) is 0. The SMILES string of the molecule is COC[CH2][Na]. The number of hydrogen-bond donors (Lipinski definition) is 0. The van der Waals surface area contributed by atoms with Crippen LogP contribution in [0.3, 0.4) is 0 Å². The van der Waals surface area contributed by atoms with Gasteiger partial charge in [-0.25, -0.2) is 0 Å². The normalized spacial score (nSPS) is 8.60. The fourth-order valence-corrected chi connectivity index (χ4v) is 0.612. The van der Waals surface area contributed by atoms with E-state index >= 15 is 0 Å². The molecule has 0 aliphatic carbocycles. The Morgan fingerprint density at radius 2 is 2.40 bits per heavy atom. The van der Waals surface area contributed by atoms with Crippen LogP contribution in [-0.4, -0.2) is 41.6 Å². The van der Waals surface area contributed by atoms with Crippen molar-refractivity contribution in [3.8, 4) is 0 Å². The van der Waals surface area contributed by atoms with E-state index in [0.29, 0.717) is 0 Å². The van der Waals surface area contributed by atoms with Crippen LogP contribution < -0.4 is 0 Å². The average Bonchev–Trinajstić information content (AvgIpc) is 1.41. The number of ether oxygens (including phenoxy) is 1. The predicted molar refractivity (Wildman–Crippen MR) is 22.4 cm³/mol. The van der Waals surface area contributed by atoms with Gasteiger partial charge in [-0.1, -0.05) is 0 Å². The second-order valence-electron chi connectivity index (χ2n) is 0.993. The number of rotatable bonds is 2. The molecule has 0 unspecified atom stereocenters. The first-order valence-electron chi connectivity index (χ1n) is 1.90. The van der Waals surface area contributed by atoms with Gasteiger partial charge in [-0.3, -0.25) is 0 Å². The van der Waals surface area contributed by atoms with E-state index in [4.69, 9.17) is 4.74 Å². The Balaban J connectivity index is 2.19. The van der Waals surface area contributed by atoms with Crippen molar-refractivity contribution in [1.82, 2.24) is 0 Å². The van der Waals surface area contributed by atoms with Gasteiger partial charge in [-0.2, -0.15) is 0 Å². The summed E-state index contributed by atoms with van der Waals surface area (Å²) in [6.45, 7) is 0.951. The zero-order valence-corrected chi connectivity index (χ0v) is 5.82. The molecule has 0 aliphatic heterocycles. The van der Waals surface area contributed by atoms with Gasteiger partial charge in [0.25, 0.3) is 0 Å². The molecular formula is C3H7NaO. The second-order valence-corrected chi connectivity index (χ2v) is 1.99. The van der Waals surface area contributed by atoms with Crippen LogP contribution in [0.15, 0.2) is 0 Å². The molecule has 26 valence electrons. The van der Waals surface area contributed by atoms with Crippen molar-refractivity contribution < 1.29 is 4.74 Å². The maximum absolute atomic E-state index is 4.73. The monoisotopic (exact) mass is 82.0 g/mol. The van der Waals surface area contributed by atoms with Crippen LogP contribution in [0, 0.1) is 0 Å². The minimum atomic E-state index is 0.951. The molecule has 5 heavy (non-hydrogen) atoms. The van der Waals surface area contributed by atoms with Crippen LogP contribution in [0.25, 0.3) is 0 Å². The van der Waals surface area contributed by atoms with Gasteiger partial charge in [0, 0.05) is 0 Å². The van der Waals surface area contributed by atoms with Crippen molar-refractivity contribution in [2.45, 2.75) is 3.67 Å². The molecule has 0 saturated carbocycles. The van der Waals surface area contributed by atoms with Crippen LogP contribution in [-0.2, 0) is 4.74 Å². The summed E-state index contributed by atoms with van der Waals surface area (Å²) >= 11 is 1.27. The molecule has 0 bridgehead atoms. The van der Waals surface area contributed by atoms with Crippen LogP contribution >= 0.6 is 0 Å². The Labute approximate surface area is 50.1 Å². The van der Waals surface area contributed by atoms with E-state index < -0.39 is 0 Å². The Bertz CT molecular complexity index is 14.4. The molecule has 0 aliphatic rings. The van der Waals surface area contributed by atoms with Crippen molar-refractivity contribution in [3.05, 3.63) is 0 Å². The Morgan fingerprint density at radius 3 is 2.40 bits per heavy atom. The second kappa shape index (κ2) is 4.96. The first-order valence-corrected chi connectivity index (χ1v) is 3.32. The molecule has 0 heterocycles. The van der Waals surface area contributed by atoms with Crippen molar-refractivity contribution in [2.75, 3.05) is 13.7 Å². The first-order chi connectivity index (χ1) is 2.41. The average molecular weight is 82.1 g/mol. The number of hydrogen-bond acceptors (Lipinski definition) is 1. The third-order valence-corrected chi connectivity index (χ3v) is 0.816. The Kier molecular flexibility index (Phi) is 5.91. The van der Waals surface area contributed by atoms with Crippen LogP contribution in [0.1, 0.15) is 0 Å². The number of methoxy groups -OCH3 is 1. The quantitative estimate of drug-likeness (QED) is 0.433. The first kappa shape index (κ1) is 5.96. The van der Waals surface area contributed by atoms with E-state index in [1.54, 1.807) is 7.11 Å². The van der Waals surface area contributed by atoms with E-state index in [9.17, 15) is 0 Å². The zero-order chi connectivity index (χ0) is 4.12. The van der Waals surface area contributed by atoms with Crippen LogP contribution in [0.5, 0.6) is 0 Å². The Morgan fingerprint density at radius 1 is 1.80 bits per heavy atom. The molecule has 0 aromatic carbocycles. The molecule has 1 nitrogen and oxygen atoms in total. The van der Waals surface area contributed by atoms with Gasteiger partial charge < -0.3 is 0 Å². The van der Waals surface area contributed by atoms with E-state index in [-0.39, 0.29) is 0 Å². The zero-order valence-electron chi connectivity index (χ0n) is 3.82. The molecular weight excluding hydrogens is 75.0 g/mol. The molecule has 0 rings (SSSR count). The fourth-order valence-electron chi connectivity index (χ4n) is 0.204. The van der Waals surface area contributed by atoms with Gasteiger partial charge >= 0.3 is 50.1 Å². The van der Waals surface area contributed by atoms with Crippen molar-refractivity contribution in [3.63, 3.8) is 0 Å². The Hall–Kier alpha value is 0.960. The molecule has 0 radical (unpaired) electrons. The van der Waals surface area contributed by atoms with Crippen molar-refractivity contribution >= 4 is 27.9 Å². The van der Waals surface area contributed by atoms with Crippen LogP contribution in [0.2, 0.25) is 3.67 Å². The molecule has 0 N–H and O–H groups in total. The third kappa shape index (κ3) is 4.96. The molecule has 2 heteroatoms. The van der Waals surface area contributed by atoms with Gasteiger partial charge in [0.15, 0.2) is 0 Å². The van der Waals surface area contributed by atoms with Gasteiger partial charge in [0.1, 0.15) is 0 Å². The summed E-state index contributed by atoms with van der Waals surface area (Å²) in [6.07, 6.45) is 0. The van der Waals surface area contributed by atoms with Gasteiger partial charge in [-0.15, -0.1) is 0 Å². The van der Waals surface area contributed by atoms with E-state index in [1.807, 2.05) is 0 Å². The topological polar surface area (TPSA) is 9.23 Å². The summed E-state index contributed by atoms with van der Waals surface area (Å²) in [7, 11) is 1.73. The van der Waals surface area contributed by atoms with E-state index in [1.165, 1.54) is 31.6 Å². The fraction of sp³-hybridized carbons (Fsp3) is 1.00. The van der Waals surface area contributed by atoms with Crippen molar-refractivity contribution in [1.29, 1.82) is 0 Å². The summed E-state index contributed by atoms with van der Waals surface area (Å²) in [6, 6.07) is 0. The maximum atomic E-state index is 4.73. The van der Waals surface area contributed by atoms with E-state index in [2.05, 4.69) is 0 Å². The molecule has 0 fully saturated rings. The van der Waals surface area contributed by atoms with Crippen molar-refractivity contribution in [2.24, 2.45) is 0 Å². The summed E-state index contributed by atoms with van der Waals surface area (Å²) in [5, 5.41) is 0.